The van der Waals surface area contributed by atoms with Crippen LogP contribution in [0.25, 0.3) is 10.9 Å². The molecule has 0 bridgehead atoms. The van der Waals surface area contributed by atoms with Crippen LogP contribution in [0.2, 0.25) is 0 Å². The molecule has 2 heterocycles. The van der Waals surface area contributed by atoms with Gasteiger partial charge in [-0.1, -0.05) is 31.2 Å². The van der Waals surface area contributed by atoms with E-state index in [4.69, 9.17) is 0 Å². The van der Waals surface area contributed by atoms with Gasteiger partial charge >= 0.3 is 0 Å². The monoisotopic (exact) mass is 382 g/mol. The molecule has 148 valence electrons. The molecule has 0 aliphatic rings. The number of anilines is 1. The first-order chi connectivity index (χ1) is 13.2. The van der Waals surface area contributed by atoms with Crippen molar-refractivity contribution in [1.29, 1.82) is 0 Å². The Hall–Kier alpha value is -3.03. The minimum absolute atomic E-state index is 0.158. The second-order valence-corrected chi connectivity index (χ2v) is 7.62. The van der Waals surface area contributed by atoms with Gasteiger partial charge < -0.3 is 5.32 Å². The lowest BCUT2D eigenvalue weighted by atomic mass is 10.0. The number of rotatable bonds is 5. The summed E-state index contributed by atoms with van der Waals surface area (Å²) in [6.45, 7) is 11.6. The van der Waals surface area contributed by atoms with E-state index in [2.05, 4.69) is 20.7 Å². The van der Waals surface area contributed by atoms with Crippen LogP contribution < -0.4 is 10.9 Å². The Kier molecular flexibility index (Phi) is 5.31. The Bertz CT molecular complexity index is 1080. The summed E-state index contributed by atoms with van der Waals surface area (Å²) in [6, 6.07) is 6.38. The smallest absolute Gasteiger partial charge is 0.278 e. The highest BCUT2D eigenvalue weighted by Gasteiger charge is 2.29. The van der Waals surface area contributed by atoms with Gasteiger partial charge in [-0.3, -0.25) is 14.3 Å². The number of benzene rings is 1. The van der Waals surface area contributed by atoms with Crippen LogP contribution in [0.4, 0.5) is 5.69 Å². The second-order valence-electron chi connectivity index (χ2n) is 7.62. The molecule has 0 aliphatic heterocycles. The van der Waals surface area contributed by atoms with Gasteiger partial charge in [0.15, 0.2) is 0 Å². The molecule has 8 heteroatoms. The van der Waals surface area contributed by atoms with Gasteiger partial charge in [0, 0.05) is 6.04 Å². The molecule has 28 heavy (non-hydrogen) atoms. The fourth-order valence-electron chi connectivity index (χ4n) is 3.42. The van der Waals surface area contributed by atoms with Gasteiger partial charge in [0.2, 0.25) is 5.91 Å². The number of nitrogens with zero attached hydrogens (tertiary/aromatic N) is 5. The van der Waals surface area contributed by atoms with Gasteiger partial charge in [-0.25, -0.2) is 0 Å². The van der Waals surface area contributed by atoms with Gasteiger partial charge in [0.1, 0.15) is 11.6 Å². The van der Waals surface area contributed by atoms with Crippen molar-refractivity contribution in [3.05, 3.63) is 46.0 Å². The average Bonchev–Trinajstić information content (AvgIpc) is 2.92. The molecule has 3 aromatic rings. The highest BCUT2D eigenvalue weighted by molar-refractivity contribution is 5.95. The quantitative estimate of drug-likeness (QED) is 0.732. The summed E-state index contributed by atoms with van der Waals surface area (Å²) in [6.07, 6.45) is 0. The van der Waals surface area contributed by atoms with Crippen LogP contribution in [0, 0.1) is 19.8 Å². The van der Waals surface area contributed by atoms with Crippen molar-refractivity contribution in [2.45, 2.75) is 53.6 Å². The van der Waals surface area contributed by atoms with E-state index >= 15 is 0 Å². The average molecular weight is 382 g/mol. The fourth-order valence-corrected chi connectivity index (χ4v) is 3.42. The normalized spacial score (nSPS) is 12.7. The van der Waals surface area contributed by atoms with Crippen molar-refractivity contribution in [1.82, 2.24) is 24.8 Å². The number of nitrogens with one attached hydrogen (secondary N) is 1. The molecule has 3 rings (SSSR count). The van der Waals surface area contributed by atoms with Crippen molar-refractivity contribution in [3.8, 4) is 0 Å². The van der Waals surface area contributed by atoms with E-state index in [1.165, 1.54) is 4.68 Å². The Morgan fingerprint density at radius 1 is 1.07 bits per heavy atom. The highest BCUT2D eigenvalue weighted by Crippen LogP contribution is 2.25. The summed E-state index contributed by atoms with van der Waals surface area (Å²) >= 11 is 0. The summed E-state index contributed by atoms with van der Waals surface area (Å²) < 4.78 is 3.05. The van der Waals surface area contributed by atoms with Crippen LogP contribution in [-0.2, 0) is 4.79 Å². The van der Waals surface area contributed by atoms with Crippen molar-refractivity contribution >= 4 is 22.5 Å². The van der Waals surface area contributed by atoms with Gasteiger partial charge in [0.05, 0.1) is 22.5 Å². The lowest BCUT2D eigenvalue weighted by Crippen LogP contribution is -2.38. The summed E-state index contributed by atoms with van der Waals surface area (Å²) in [5.74, 6) is -0.467. The molecule has 1 amide bonds. The third kappa shape index (κ3) is 3.42. The van der Waals surface area contributed by atoms with Crippen LogP contribution >= 0.6 is 0 Å². The zero-order valence-electron chi connectivity index (χ0n) is 17.1. The Morgan fingerprint density at radius 2 is 1.75 bits per heavy atom. The van der Waals surface area contributed by atoms with Crippen LogP contribution in [0.5, 0.6) is 0 Å². The largest absolute Gasteiger partial charge is 0.321 e. The van der Waals surface area contributed by atoms with Gasteiger partial charge in [-0.2, -0.15) is 9.78 Å². The maximum absolute atomic E-state index is 13.2. The molecule has 0 radical (unpaired) electrons. The Morgan fingerprint density at radius 3 is 2.36 bits per heavy atom. The van der Waals surface area contributed by atoms with E-state index in [0.717, 1.165) is 11.4 Å². The number of hydrogen-bond donors (Lipinski definition) is 1. The van der Waals surface area contributed by atoms with Crippen LogP contribution in [0.3, 0.4) is 0 Å². The van der Waals surface area contributed by atoms with Crippen LogP contribution in [0.15, 0.2) is 29.1 Å². The third-order valence-corrected chi connectivity index (χ3v) is 4.82. The van der Waals surface area contributed by atoms with Crippen molar-refractivity contribution < 1.29 is 4.79 Å². The first kappa shape index (κ1) is 19.7. The number of aryl methyl sites for hydroxylation is 1. The lowest BCUT2D eigenvalue weighted by molar-refractivity contribution is -0.120. The number of aromatic nitrogens is 5. The summed E-state index contributed by atoms with van der Waals surface area (Å²) in [5.41, 5.74) is 2.47. The third-order valence-electron chi connectivity index (χ3n) is 4.82. The molecule has 0 saturated carbocycles. The van der Waals surface area contributed by atoms with Crippen molar-refractivity contribution in [2.75, 3.05) is 5.32 Å². The minimum Gasteiger partial charge on any atom is -0.321 e. The predicted molar refractivity (Wildman–Crippen MR) is 108 cm³/mol. The van der Waals surface area contributed by atoms with E-state index in [0.29, 0.717) is 16.6 Å². The maximum atomic E-state index is 13.2. The maximum Gasteiger partial charge on any atom is 0.278 e. The molecule has 1 aromatic carbocycles. The minimum atomic E-state index is -0.786. The zero-order valence-corrected chi connectivity index (χ0v) is 17.1. The lowest BCUT2D eigenvalue weighted by Gasteiger charge is -2.21. The standard InChI is InChI=1S/C20H26N6O2/c1-11(2)18(26-20(28)15-9-7-8-10-16(15)22-24-26)19(27)21-17-13(5)23-25(12(3)4)14(17)6/h7-12,18H,1-6H3,(H,21,27). The molecule has 1 unspecified atom stereocenters. The van der Waals surface area contributed by atoms with Gasteiger partial charge in [-0.05, 0) is 45.7 Å². The number of hydrogen-bond acceptors (Lipinski definition) is 5. The summed E-state index contributed by atoms with van der Waals surface area (Å²) in [7, 11) is 0. The van der Waals surface area contributed by atoms with Crippen molar-refractivity contribution in [3.63, 3.8) is 0 Å². The highest BCUT2D eigenvalue weighted by atomic mass is 16.2. The summed E-state index contributed by atoms with van der Waals surface area (Å²) in [5, 5.41) is 16.1. The molecule has 0 spiro atoms. The Balaban J connectivity index is 2.01. The van der Waals surface area contributed by atoms with E-state index < -0.39 is 6.04 Å². The second kappa shape index (κ2) is 7.53. The van der Waals surface area contributed by atoms with Crippen molar-refractivity contribution in [2.24, 2.45) is 5.92 Å². The molecular formula is C20H26N6O2. The van der Waals surface area contributed by atoms with Gasteiger partial charge in [0.25, 0.3) is 5.56 Å². The molecule has 2 aromatic heterocycles. The summed E-state index contributed by atoms with van der Waals surface area (Å²) in [4.78, 5) is 26.1. The number of amides is 1. The fraction of sp³-hybridized carbons (Fsp3) is 0.450. The van der Waals surface area contributed by atoms with Crippen LogP contribution in [-0.4, -0.2) is 30.7 Å². The molecule has 0 aliphatic carbocycles. The van der Waals surface area contributed by atoms with E-state index in [1.807, 2.05) is 46.2 Å². The molecule has 8 nitrogen and oxygen atoms in total. The number of carbonyl (C=O) groups is 1. The first-order valence-corrected chi connectivity index (χ1v) is 9.43. The van der Waals surface area contributed by atoms with E-state index in [9.17, 15) is 9.59 Å². The predicted octanol–water partition coefficient (Wildman–Crippen LogP) is 3.02. The SMILES string of the molecule is Cc1nn(C(C)C)c(C)c1NC(=O)C(C(C)C)n1nnc2ccccc2c1=O. The number of fused-ring (bicyclic) bond motifs is 1. The number of carbonyl (C=O) groups excluding carboxylic acids is 1. The molecule has 0 saturated heterocycles. The zero-order chi connectivity index (χ0) is 20.6. The first-order valence-electron chi connectivity index (χ1n) is 9.43. The molecular weight excluding hydrogens is 356 g/mol. The molecule has 1 N–H and O–H groups in total. The molecule has 0 fully saturated rings. The van der Waals surface area contributed by atoms with E-state index in [1.54, 1.807) is 24.3 Å². The topological polar surface area (TPSA) is 94.7 Å². The molecule has 1 atom stereocenters. The Labute approximate surface area is 163 Å². The van der Waals surface area contributed by atoms with E-state index in [-0.39, 0.29) is 23.4 Å². The van der Waals surface area contributed by atoms with Gasteiger partial charge in [-0.15, -0.1) is 5.10 Å². The van der Waals surface area contributed by atoms with Crippen LogP contribution in [0.1, 0.15) is 51.2 Å².